The van der Waals surface area contributed by atoms with Crippen LogP contribution in [0.3, 0.4) is 0 Å². The van der Waals surface area contributed by atoms with Crippen LogP contribution in [0, 0.1) is 0 Å². The summed E-state index contributed by atoms with van der Waals surface area (Å²) in [6, 6.07) is 12.3. The molecule has 0 saturated heterocycles. The highest BCUT2D eigenvalue weighted by molar-refractivity contribution is 7.10. The van der Waals surface area contributed by atoms with Crippen molar-refractivity contribution in [2.75, 3.05) is 13.2 Å². The van der Waals surface area contributed by atoms with Gasteiger partial charge in [-0.05, 0) is 59.8 Å². The molecule has 0 spiro atoms. The van der Waals surface area contributed by atoms with Gasteiger partial charge in [-0.15, -0.1) is 11.3 Å². The van der Waals surface area contributed by atoms with Gasteiger partial charge in [0.25, 0.3) is 0 Å². The minimum atomic E-state index is -0.118. The molecule has 0 fully saturated rings. The summed E-state index contributed by atoms with van der Waals surface area (Å²) in [7, 11) is 0. The molecule has 3 aromatic rings. The van der Waals surface area contributed by atoms with Gasteiger partial charge in [-0.25, -0.2) is 4.79 Å². The van der Waals surface area contributed by atoms with Crippen molar-refractivity contribution in [3.8, 4) is 11.5 Å². The van der Waals surface area contributed by atoms with Crippen LogP contribution in [-0.4, -0.2) is 33.8 Å². The van der Waals surface area contributed by atoms with E-state index in [-0.39, 0.29) is 17.8 Å². The van der Waals surface area contributed by atoms with Gasteiger partial charge < -0.3 is 14.7 Å². The maximum atomic E-state index is 12.9. The number of carbonyl (C=O) groups is 1. The van der Waals surface area contributed by atoms with Crippen LogP contribution in [-0.2, 0) is 6.42 Å². The van der Waals surface area contributed by atoms with Crippen molar-refractivity contribution in [3.63, 3.8) is 0 Å². The lowest BCUT2D eigenvalue weighted by molar-refractivity contribution is 0.138. The molecule has 1 aliphatic rings. The van der Waals surface area contributed by atoms with Crippen LogP contribution >= 0.6 is 11.3 Å². The quantitative estimate of drug-likeness (QED) is 0.776. The summed E-state index contributed by atoms with van der Waals surface area (Å²) >= 11 is 1.67. The van der Waals surface area contributed by atoms with E-state index < -0.39 is 0 Å². The minimum absolute atomic E-state index is 0.0386. The molecule has 1 aliphatic heterocycles. The number of benzene rings is 1. The van der Waals surface area contributed by atoms with Crippen LogP contribution in [0.4, 0.5) is 4.79 Å². The number of aromatic nitrogens is 1. The minimum Gasteiger partial charge on any atom is -0.508 e. The van der Waals surface area contributed by atoms with Crippen LogP contribution in [0.5, 0.6) is 11.5 Å². The monoisotopic (exact) mass is 354 g/mol. The Hall–Kier alpha value is -2.73. The summed E-state index contributed by atoms with van der Waals surface area (Å²) in [6.45, 7) is 1.05. The maximum Gasteiger partial charge on any atom is 0.328 e. The fourth-order valence-electron chi connectivity index (χ4n) is 3.11. The Morgan fingerprint density at radius 3 is 2.72 bits per heavy atom. The SMILES string of the molecule is O=C(N1CCc2ccsc2C1COc1ccc(O)cc1)n1cccc1. The molecule has 6 heteroatoms. The average molecular weight is 354 g/mol. The lowest BCUT2D eigenvalue weighted by Gasteiger charge is -2.35. The van der Waals surface area contributed by atoms with Crippen molar-refractivity contribution < 1.29 is 14.6 Å². The summed E-state index contributed by atoms with van der Waals surface area (Å²) < 4.78 is 7.52. The summed E-state index contributed by atoms with van der Waals surface area (Å²) in [5.74, 6) is 0.879. The lowest BCUT2D eigenvalue weighted by atomic mass is 10.0. The molecule has 5 nitrogen and oxygen atoms in total. The number of phenols is 1. The molecule has 3 heterocycles. The van der Waals surface area contributed by atoms with Crippen molar-refractivity contribution in [2.24, 2.45) is 0 Å². The summed E-state index contributed by atoms with van der Waals surface area (Å²) in [5, 5.41) is 11.5. The first-order chi connectivity index (χ1) is 12.2. The molecule has 1 atom stereocenters. The van der Waals surface area contributed by atoms with Gasteiger partial charge in [-0.3, -0.25) is 4.57 Å². The fraction of sp³-hybridized carbons (Fsp3) is 0.211. The summed E-state index contributed by atoms with van der Waals surface area (Å²) in [4.78, 5) is 15.9. The van der Waals surface area contributed by atoms with Gasteiger partial charge >= 0.3 is 6.03 Å². The van der Waals surface area contributed by atoms with E-state index in [1.165, 1.54) is 10.4 Å². The van der Waals surface area contributed by atoms with Crippen molar-refractivity contribution in [2.45, 2.75) is 12.5 Å². The second kappa shape index (κ2) is 6.64. The molecule has 0 radical (unpaired) electrons. The number of amides is 1. The van der Waals surface area contributed by atoms with Crippen molar-refractivity contribution in [3.05, 3.63) is 70.7 Å². The molecular weight excluding hydrogens is 336 g/mol. The molecule has 0 bridgehead atoms. The summed E-state index contributed by atoms with van der Waals surface area (Å²) in [6.07, 6.45) is 4.40. The Balaban J connectivity index is 1.58. The largest absolute Gasteiger partial charge is 0.508 e. The third-order valence-corrected chi connectivity index (χ3v) is 5.46. The van der Waals surface area contributed by atoms with E-state index in [9.17, 15) is 9.90 Å². The molecule has 1 unspecified atom stereocenters. The number of ether oxygens (including phenoxy) is 1. The number of rotatable bonds is 3. The molecule has 2 aromatic heterocycles. The first-order valence-electron chi connectivity index (χ1n) is 8.14. The fourth-order valence-corrected chi connectivity index (χ4v) is 4.16. The van der Waals surface area contributed by atoms with Crippen molar-refractivity contribution in [1.82, 2.24) is 9.47 Å². The Labute approximate surface area is 149 Å². The Morgan fingerprint density at radius 1 is 1.20 bits per heavy atom. The summed E-state index contributed by atoms with van der Waals surface area (Å²) in [5.41, 5.74) is 1.29. The van der Waals surface area contributed by atoms with E-state index in [2.05, 4.69) is 11.4 Å². The Bertz CT molecular complexity index is 855. The van der Waals surface area contributed by atoms with E-state index in [0.29, 0.717) is 18.9 Å². The van der Waals surface area contributed by atoms with Gasteiger partial charge in [0.1, 0.15) is 24.1 Å². The Kier molecular flexibility index (Phi) is 4.19. The van der Waals surface area contributed by atoms with E-state index in [4.69, 9.17) is 4.74 Å². The topological polar surface area (TPSA) is 54.7 Å². The van der Waals surface area contributed by atoms with Crippen LogP contribution in [0.1, 0.15) is 16.5 Å². The average Bonchev–Trinajstić information content (AvgIpc) is 3.32. The zero-order valence-corrected chi connectivity index (χ0v) is 14.4. The van der Waals surface area contributed by atoms with Crippen molar-refractivity contribution >= 4 is 17.4 Å². The molecular formula is C19H18N2O3S. The van der Waals surface area contributed by atoms with Gasteiger partial charge in [0.2, 0.25) is 0 Å². The number of fused-ring (bicyclic) bond motifs is 1. The number of thiophene rings is 1. The second-order valence-electron chi connectivity index (χ2n) is 5.95. The third-order valence-electron chi connectivity index (χ3n) is 4.40. The molecule has 128 valence electrons. The van der Waals surface area contributed by atoms with Gasteiger partial charge in [0.15, 0.2) is 0 Å². The zero-order valence-electron chi connectivity index (χ0n) is 13.5. The number of nitrogens with zero attached hydrogens (tertiary/aromatic N) is 2. The zero-order chi connectivity index (χ0) is 17.2. The third kappa shape index (κ3) is 3.13. The number of hydrogen-bond acceptors (Lipinski definition) is 4. The van der Waals surface area contributed by atoms with Gasteiger partial charge in [0, 0.05) is 23.8 Å². The second-order valence-corrected chi connectivity index (χ2v) is 6.89. The molecule has 0 saturated carbocycles. The maximum absolute atomic E-state index is 12.9. The van der Waals surface area contributed by atoms with Crippen molar-refractivity contribution in [1.29, 1.82) is 0 Å². The molecule has 4 rings (SSSR count). The molecule has 0 aliphatic carbocycles. The van der Waals surface area contributed by atoms with Crippen LogP contribution in [0.2, 0.25) is 0 Å². The lowest BCUT2D eigenvalue weighted by Crippen LogP contribution is -2.43. The van der Waals surface area contributed by atoms with Gasteiger partial charge in [-0.2, -0.15) is 0 Å². The van der Waals surface area contributed by atoms with E-state index in [1.54, 1.807) is 52.6 Å². The van der Waals surface area contributed by atoms with E-state index in [0.717, 1.165) is 6.42 Å². The predicted octanol–water partition coefficient (Wildman–Crippen LogP) is 3.90. The van der Waals surface area contributed by atoms with Crippen LogP contribution < -0.4 is 4.74 Å². The predicted molar refractivity (Wildman–Crippen MR) is 96.3 cm³/mol. The van der Waals surface area contributed by atoms with Crippen LogP contribution in [0.25, 0.3) is 0 Å². The molecule has 1 N–H and O–H groups in total. The molecule has 25 heavy (non-hydrogen) atoms. The molecule has 1 aromatic carbocycles. The number of carbonyl (C=O) groups excluding carboxylic acids is 1. The van der Waals surface area contributed by atoms with Crippen LogP contribution in [0.15, 0.2) is 60.2 Å². The standard InChI is InChI=1S/C19H18N2O3S/c22-15-3-5-16(6-4-15)24-13-17-18-14(8-12-25-18)7-11-21(17)19(23)20-9-1-2-10-20/h1-6,8-10,12,17,22H,7,11,13H2. The highest BCUT2D eigenvalue weighted by atomic mass is 32.1. The highest BCUT2D eigenvalue weighted by Crippen LogP contribution is 2.35. The normalized spacial score (nSPS) is 16.5. The number of phenolic OH excluding ortho intramolecular Hbond substituents is 1. The first-order valence-corrected chi connectivity index (χ1v) is 9.02. The van der Waals surface area contributed by atoms with Gasteiger partial charge in [-0.1, -0.05) is 0 Å². The smallest absolute Gasteiger partial charge is 0.328 e. The number of aromatic hydroxyl groups is 1. The Morgan fingerprint density at radius 2 is 1.96 bits per heavy atom. The number of hydrogen-bond donors (Lipinski definition) is 1. The first kappa shape index (κ1) is 15.8. The highest BCUT2D eigenvalue weighted by Gasteiger charge is 2.33. The van der Waals surface area contributed by atoms with E-state index >= 15 is 0 Å². The van der Waals surface area contributed by atoms with Gasteiger partial charge in [0.05, 0.1) is 0 Å². The van der Waals surface area contributed by atoms with E-state index in [1.807, 2.05) is 17.0 Å². The molecule has 1 amide bonds.